The molecule has 2 heteroatoms. The summed E-state index contributed by atoms with van der Waals surface area (Å²) in [6.07, 6.45) is 3.95. The summed E-state index contributed by atoms with van der Waals surface area (Å²) in [6.45, 7) is 0. The number of nitrogens with zero attached hydrogens (tertiary/aromatic N) is 2. The second kappa shape index (κ2) is 7.69. The molecule has 3 aromatic carbocycles. The highest BCUT2D eigenvalue weighted by atomic mass is 14.7. The monoisotopic (exact) mass is 371 g/mol. The Morgan fingerprint density at radius 3 is 2.28 bits per heavy atom. The van der Waals surface area contributed by atoms with Crippen LogP contribution in [0.2, 0.25) is 0 Å². The Balaban J connectivity index is 1.57. The van der Waals surface area contributed by atoms with Gasteiger partial charge >= 0.3 is 0 Å². The molecule has 0 aliphatic rings. The minimum atomic E-state index is 0.945. The standard InChI is InChI=1S/C27H19N2/c1-2-10-21(11-3-1)27-25-14-5-4-12-22(25)19-24(29-27)18-20-9-8-13-23(17-20)26-15-6-7-16-28-26/h1-19H. The Hall–Kier alpha value is -3.78. The molecule has 0 N–H and O–H groups in total. The average Bonchev–Trinajstić information content (AvgIpc) is 2.80. The third-order valence-corrected chi connectivity index (χ3v) is 4.97. The molecule has 29 heavy (non-hydrogen) atoms. The van der Waals surface area contributed by atoms with Gasteiger partial charge < -0.3 is 0 Å². The molecule has 0 amide bonds. The van der Waals surface area contributed by atoms with Crippen LogP contribution in [0.4, 0.5) is 0 Å². The van der Waals surface area contributed by atoms with Crippen molar-refractivity contribution in [1.82, 2.24) is 9.97 Å². The van der Waals surface area contributed by atoms with Crippen molar-refractivity contribution in [3.8, 4) is 22.5 Å². The average molecular weight is 371 g/mol. The molecule has 5 rings (SSSR count). The van der Waals surface area contributed by atoms with Crippen molar-refractivity contribution in [3.63, 3.8) is 0 Å². The molecule has 0 unspecified atom stereocenters. The van der Waals surface area contributed by atoms with Crippen molar-refractivity contribution >= 4 is 10.8 Å². The zero-order valence-corrected chi connectivity index (χ0v) is 15.9. The third kappa shape index (κ3) is 3.65. The van der Waals surface area contributed by atoms with Crippen LogP contribution in [0.1, 0.15) is 11.3 Å². The van der Waals surface area contributed by atoms with Gasteiger partial charge in [-0.15, -0.1) is 0 Å². The number of rotatable bonds is 4. The largest absolute Gasteiger partial charge is 0.256 e. The molecule has 2 heterocycles. The minimum absolute atomic E-state index is 0.945. The number of benzene rings is 3. The SMILES string of the molecule is [CH](c1cccc(-c2ccccn2)c1)c1cc2ccccc2c(-c2ccccc2)n1. The number of aromatic nitrogens is 2. The molecule has 0 aliphatic heterocycles. The first-order valence-corrected chi connectivity index (χ1v) is 9.68. The summed E-state index contributed by atoms with van der Waals surface area (Å²) in [7, 11) is 0. The topological polar surface area (TPSA) is 25.8 Å². The molecule has 0 spiro atoms. The van der Waals surface area contributed by atoms with Crippen molar-refractivity contribution < 1.29 is 0 Å². The lowest BCUT2D eigenvalue weighted by Crippen LogP contribution is -1.95. The van der Waals surface area contributed by atoms with Crippen molar-refractivity contribution in [2.75, 3.05) is 0 Å². The van der Waals surface area contributed by atoms with Crippen molar-refractivity contribution in [2.45, 2.75) is 0 Å². The van der Waals surface area contributed by atoms with Gasteiger partial charge in [-0.3, -0.25) is 9.97 Å². The van der Waals surface area contributed by atoms with Crippen LogP contribution in [-0.2, 0) is 0 Å². The van der Waals surface area contributed by atoms with E-state index in [1.54, 1.807) is 0 Å². The second-order valence-corrected chi connectivity index (χ2v) is 6.97. The van der Waals surface area contributed by atoms with E-state index in [0.717, 1.165) is 39.2 Å². The summed E-state index contributed by atoms with van der Waals surface area (Å²) >= 11 is 0. The zero-order chi connectivity index (χ0) is 19.5. The Labute approximate surface area is 170 Å². The number of hydrogen-bond acceptors (Lipinski definition) is 2. The summed E-state index contributed by atoms with van der Waals surface area (Å²) in [6, 6.07) is 35.3. The molecule has 0 bridgehead atoms. The Morgan fingerprint density at radius 1 is 0.621 bits per heavy atom. The van der Waals surface area contributed by atoms with Gasteiger partial charge in [0.1, 0.15) is 0 Å². The van der Waals surface area contributed by atoms with E-state index in [0.29, 0.717) is 0 Å². The van der Waals surface area contributed by atoms with E-state index in [2.05, 4.69) is 90.3 Å². The van der Waals surface area contributed by atoms with Crippen molar-refractivity contribution in [2.24, 2.45) is 0 Å². The van der Waals surface area contributed by atoms with Crippen LogP contribution < -0.4 is 0 Å². The van der Waals surface area contributed by atoms with Gasteiger partial charge in [0, 0.05) is 29.1 Å². The Kier molecular flexibility index (Phi) is 4.59. The molecule has 137 valence electrons. The van der Waals surface area contributed by atoms with Crippen LogP contribution in [0.25, 0.3) is 33.3 Å². The summed E-state index contributed by atoms with van der Waals surface area (Å²) in [4.78, 5) is 9.46. The first kappa shape index (κ1) is 17.3. The summed E-state index contributed by atoms with van der Waals surface area (Å²) in [5.74, 6) is 0. The lowest BCUT2D eigenvalue weighted by Gasteiger charge is -2.10. The second-order valence-electron chi connectivity index (χ2n) is 6.97. The predicted molar refractivity (Wildman–Crippen MR) is 119 cm³/mol. The van der Waals surface area contributed by atoms with Crippen LogP contribution >= 0.6 is 0 Å². The van der Waals surface area contributed by atoms with Gasteiger partial charge in [-0.1, -0.05) is 78.9 Å². The Bertz CT molecular complexity index is 1260. The molecule has 0 aliphatic carbocycles. The maximum Gasteiger partial charge on any atom is 0.0783 e. The molecular formula is C27H19N2. The van der Waals surface area contributed by atoms with Crippen LogP contribution in [0.3, 0.4) is 0 Å². The first-order chi connectivity index (χ1) is 14.4. The van der Waals surface area contributed by atoms with E-state index in [1.807, 2.05) is 30.5 Å². The summed E-state index contributed by atoms with van der Waals surface area (Å²) in [5, 5.41) is 2.35. The van der Waals surface area contributed by atoms with Gasteiger partial charge in [-0.2, -0.15) is 0 Å². The molecule has 0 saturated carbocycles. The van der Waals surface area contributed by atoms with Crippen molar-refractivity contribution in [3.05, 3.63) is 127 Å². The van der Waals surface area contributed by atoms with E-state index in [-0.39, 0.29) is 0 Å². The fraction of sp³-hybridized carbons (Fsp3) is 0. The molecule has 0 fully saturated rings. The molecule has 2 nitrogen and oxygen atoms in total. The Morgan fingerprint density at radius 2 is 1.41 bits per heavy atom. The molecule has 1 radical (unpaired) electrons. The van der Waals surface area contributed by atoms with E-state index >= 15 is 0 Å². The predicted octanol–water partition coefficient (Wildman–Crippen LogP) is 6.56. The first-order valence-electron chi connectivity index (χ1n) is 9.68. The lowest BCUT2D eigenvalue weighted by molar-refractivity contribution is 1.24. The third-order valence-electron chi connectivity index (χ3n) is 4.97. The quantitative estimate of drug-likeness (QED) is 0.357. The van der Waals surface area contributed by atoms with Crippen LogP contribution in [0, 0.1) is 6.42 Å². The maximum atomic E-state index is 5.00. The maximum absolute atomic E-state index is 5.00. The number of fused-ring (bicyclic) bond motifs is 1. The molecule has 2 aromatic heterocycles. The van der Waals surface area contributed by atoms with Crippen molar-refractivity contribution in [1.29, 1.82) is 0 Å². The fourth-order valence-corrected chi connectivity index (χ4v) is 3.60. The highest BCUT2D eigenvalue weighted by Crippen LogP contribution is 2.29. The van der Waals surface area contributed by atoms with E-state index in [9.17, 15) is 0 Å². The summed E-state index contributed by atoms with van der Waals surface area (Å²) in [5.41, 5.74) is 6.26. The van der Waals surface area contributed by atoms with Gasteiger partial charge in [0.05, 0.1) is 17.1 Å². The van der Waals surface area contributed by atoms with Crippen LogP contribution in [0.15, 0.2) is 109 Å². The number of hydrogen-bond donors (Lipinski definition) is 0. The summed E-state index contributed by atoms with van der Waals surface area (Å²) < 4.78 is 0. The highest BCUT2D eigenvalue weighted by molar-refractivity contribution is 5.95. The van der Waals surface area contributed by atoms with E-state index in [4.69, 9.17) is 4.98 Å². The molecule has 0 atom stereocenters. The normalized spacial score (nSPS) is 10.9. The highest BCUT2D eigenvalue weighted by Gasteiger charge is 2.09. The fourth-order valence-electron chi connectivity index (χ4n) is 3.60. The van der Waals surface area contributed by atoms with Gasteiger partial charge in [-0.05, 0) is 35.2 Å². The smallest absolute Gasteiger partial charge is 0.0783 e. The molecule has 5 aromatic rings. The lowest BCUT2D eigenvalue weighted by atomic mass is 10.00. The minimum Gasteiger partial charge on any atom is -0.256 e. The van der Waals surface area contributed by atoms with Gasteiger partial charge in [-0.25, -0.2) is 0 Å². The van der Waals surface area contributed by atoms with E-state index < -0.39 is 0 Å². The van der Waals surface area contributed by atoms with Crippen LogP contribution in [0.5, 0.6) is 0 Å². The van der Waals surface area contributed by atoms with Gasteiger partial charge in [0.25, 0.3) is 0 Å². The van der Waals surface area contributed by atoms with Crippen LogP contribution in [-0.4, -0.2) is 9.97 Å². The number of pyridine rings is 2. The molecular weight excluding hydrogens is 352 g/mol. The van der Waals surface area contributed by atoms with Gasteiger partial charge in [0.2, 0.25) is 0 Å². The molecule has 0 saturated heterocycles. The van der Waals surface area contributed by atoms with Gasteiger partial charge in [0.15, 0.2) is 0 Å². The van der Waals surface area contributed by atoms with E-state index in [1.165, 1.54) is 5.39 Å². The zero-order valence-electron chi connectivity index (χ0n) is 15.9.